The first-order chi connectivity index (χ1) is 8.52. The van der Waals surface area contributed by atoms with Gasteiger partial charge in [-0.2, -0.15) is 0 Å². The van der Waals surface area contributed by atoms with Crippen molar-refractivity contribution in [2.75, 3.05) is 6.61 Å². The molecule has 0 saturated carbocycles. The highest BCUT2D eigenvalue weighted by Gasteiger charge is 2.13. The normalized spacial score (nSPS) is 14.0. The van der Waals surface area contributed by atoms with E-state index in [1.165, 1.54) is 0 Å². The lowest BCUT2D eigenvalue weighted by Gasteiger charge is -2.20. The Morgan fingerprint density at radius 2 is 2.17 bits per heavy atom. The molecule has 1 N–H and O–H groups in total. The van der Waals surface area contributed by atoms with Gasteiger partial charge in [-0.1, -0.05) is 23.7 Å². The van der Waals surface area contributed by atoms with Crippen molar-refractivity contribution in [3.63, 3.8) is 0 Å². The van der Waals surface area contributed by atoms with Gasteiger partial charge in [0.05, 0.1) is 13.0 Å². The van der Waals surface area contributed by atoms with E-state index in [2.05, 4.69) is 5.32 Å². The maximum absolute atomic E-state index is 11.3. The van der Waals surface area contributed by atoms with Gasteiger partial charge in [-0.05, 0) is 38.5 Å². The van der Waals surface area contributed by atoms with Crippen molar-refractivity contribution in [3.8, 4) is 0 Å². The van der Waals surface area contributed by atoms with Crippen LogP contribution in [0.25, 0.3) is 0 Å². The minimum absolute atomic E-state index is 0.0676. The van der Waals surface area contributed by atoms with Gasteiger partial charge >= 0.3 is 5.97 Å². The van der Waals surface area contributed by atoms with Crippen LogP contribution in [0.5, 0.6) is 0 Å². The summed E-state index contributed by atoms with van der Waals surface area (Å²) in [5, 5.41) is 4.07. The van der Waals surface area contributed by atoms with E-state index in [0.29, 0.717) is 13.0 Å². The van der Waals surface area contributed by atoms with Gasteiger partial charge in [0.15, 0.2) is 0 Å². The summed E-state index contributed by atoms with van der Waals surface area (Å²) >= 11 is 5.95. The summed E-state index contributed by atoms with van der Waals surface area (Å²) in [7, 11) is 0. The van der Waals surface area contributed by atoms with Crippen LogP contribution in [0.3, 0.4) is 0 Å². The van der Waals surface area contributed by atoms with Crippen LogP contribution in [0.15, 0.2) is 24.3 Å². The molecule has 0 heterocycles. The first-order valence-corrected chi connectivity index (χ1v) is 6.57. The first-order valence-electron chi connectivity index (χ1n) is 6.20. The Morgan fingerprint density at radius 3 is 2.78 bits per heavy atom. The second-order valence-electron chi connectivity index (χ2n) is 4.35. The lowest BCUT2D eigenvalue weighted by Crippen LogP contribution is -2.31. The van der Waals surface area contributed by atoms with Crippen molar-refractivity contribution in [1.82, 2.24) is 5.32 Å². The number of hydrogen-bond donors (Lipinski definition) is 1. The van der Waals surface area contributed by atoms with Gasteiger partial charge in [-0.25, -0.2) is 0 Å². The molecule has 0 fully saturated rings. The Bertz CT molecular complexity index is 395. The van der Waals surface area contributed by atoms with Crippen molar-refractivity contribution in [2.45, 2.75) is 39.3 Å². The molecule has 4 heteroatoms. The monoisotopic (exact) mass is 269 g/mol. The number of esters is 1. The van der Waals surface area contributed by atoms with Crippen LogP contribution in [0, 0.1) is 0 Å². The van der Waals surface area contributed by atoms with Crippen molar-refractivity contribution < 1.29 is 9.53 Å². The van der Waals surface area contributed by atoms with Gasteiger partial charge in [0.1, 0.15) is 0 Å². The van der Waals surface area contributed by atoms with E-state index in [4.69, 9.17) is 16.3 Å². The number of benzene rings is 1. The van der Waals surface area contributed by atoms with E-state index in [1.807, 2.05) is 45.0 Å². The van der Waals surface area contributed by atoms with E-state index in [1.54, 1.807) is 0 Å². The summed E-state index contributed by atoms with van der Waals surface area (Å²) in [6.45, 7) is 6.26. The fourth-order valence-electron chi connectivity index (χ4n) is 1.83. The number of carbonyl (C=O) groups is 1. The van der Waals surface area contributed by atoms with Crippen LogP contribution < -0.4 is 5.32 Å². The van der Waals surface area contributed by atoms with E-state index in [0.717, 1.165) is 10.6 Å². The molecule has 0 radical (unpaired) electrons. The smallest absolute Gasteiger partial charge is 0.307 e. The highest BCUT2D eigenvalue weighted by molar-refractivity contribution is 6.30. The third-order valence-electron chi connectivity index (χ3n) is 2.66. The second-order valence-corrected chi connectivity index (χ2v) is 4.79. The van der Waals surface area contributed by atoms with Gasteiger partial charge in [-0.15, -0.1) is 0 Å². The number of hydrogen-bond acceptors (Lipinski definition) is 3. The molecule has 1 aromatic carbocycles. The van der Waals surface area contributed by atoms with Crippen molar-refractivity contribution in [3.05, 3.63) is 34.9 Å². The summed E-state index contributed by atoms with van der Waals surface area (Å²) in [5.41, 5.74) is 1.11. The fourth-order valence-corrected chi connectivity index (χ4v) is 2.03. The molecular weight excluding hydrogens is 250 g/mol. The first kappa shape index (κ1) is 15.0. The quantitative estimate of drug-likeness (QED) is 0.805. The van der Waals surface area contributed by atoms with Crippen LogP contribution >= 0.6 is 11.6 Å². The zero-order valence-electron chi connectivity index (χ0n) is 11.1. The van der Waals surface area contributed by atoms with Crippen LogP contribution in [-0.4, -0.2) is 18.6 Å². The predicted octanol–water partition coefficient (Wildman–Crippen LogP) is 3.33. The lowest BCUT2D eigenvalue weighted by atomic mass is 10.1. The Morgan fingerprint density at radius 1 is 1.44 bits per heavy atom. The molecule has 2 atom stereocenters. The van der Waals surface area contributed by atoms with E-state index in [-0.39, 0.29) is 18.1 Å². The zero-order valence-corrected chi connectivity index (χ0v) is 11.8. The Labute approximate surface area is 113 Å². The zero-order chi connectivity index (χ0) is 13.5. The molecule has 18 heavy (non-hydrogen) atoms. The van der Waals surface area contributed by atoms with Gasteiger partial charge in [-0.3, -0.25) is 4.79 Å². The third kappa shape index (κ3) is 5.07. The van der Waals surface area contributed by atoms with Crippen LogP contribution in [0.2, 0.25) is 5.02 Å². The van der Waals surface area contributed by atoms with Gasteiger partial charge < -0.3 is 10.1 Å². The molecular formula is C14H20ClNO2. The SMILES string of the molecule is CCOC(=O)CC(C)NC(C)c1cccc(Cl)c1. The van der Waals surface area contributed by atoms with Crippen LogP contribution in [-0.2, 0) is 9.53 Å². The van der Waals surface area contributed by atoms with Crippen molar-refractivity contribution in [2.24, 2.45) is 0 Å². The summed E-state index contributed by atoms with van der Waals surface area (Å²) < 4.78 is 4.92. The molecule has 0 spiro atoms. The maximum Gasteiger partial charge on any atom is 0.307 e. The van der Waals surface area contributed by atoms with Gasteiger partial charge in [0.2, 0.25) is 0 Å². The summed E-state index contributed by atoms with van der Waals surface area (Å²) in [6, 6.07) is 7.92. The molecule has 0 bridgehead atoms. The lowest BCUT2D eigenvalue weighted by molar-refractivity contribution is -0.143. The molecule has 1 rings (SSSR count). The average Bonchev–Trinajstić information content (AvgIpc) is 2.28. The van der Waals surface area contributed by atoms with E-state index < -0.39 is 0 Å². The highest BCUT2D eigenvalue weighted by atomic mass is 35.5. The standard InChI is InChI=1S/C14H20ClNO2/c1-4-18-14(17)8-10(2)16-11(3)12-6-5-7-13(15)9-12/h5-7,9-11,16H,4,8H2,1-3H3. The molecule has 0 amide bonds. The van der Waals surface area contributed by atoms with Gasteiger partial charge in [0.25, 0.3) is 0 Å². The third-order valence-corrected chi connectivity index (χ3v) is 2.90. The molecule has 0 aliphatic heterocycles. The number of ether oxygens (including phenoxy) is 1. The summed E-state index contributed by atoms with van der Waals surface area (Å²) in [5.74, 6) is -0.171. The number of halogens is 1. The molecule has 2 unspecified atom stereocenters. The van der Waals surface area contributed by atoms with Crippen molar-refractivity contribution >= 4 is 17.6 Å². The predicted molar refractivity (Wildman–Crippen MR) is 73.7 cm³/mol. The summed E-state index contributed by atoms with van der Waals surface area (Å²) in [6.07, 6.45) is 0.374. The molecule has 100 valence electrons. The number of nitrogens with one attached hydrogen (secondary N) is 1. The molecule has 0 aromatic heterocycles. The summed E-state index contributed by atoms with van der Waals surface area (Å²) in [4.78, 5) is 11.3. The Balaban J connectivity index is 2.49. The van der Waals surface area contributed by atoms with Crippen LogP contribution in [0.1, 0.15) is 38.8 Å². The minimum atomic E-state index is -0.171. The Kier molecular flexibility index (Phi) is 6.16. The molecule has 1 aromatic rings. The highest BCUT2D eigenvalue weighted by Crippen LogP contribution is 2.18. The second kappa shape index (κ2) is 7.39. The Hall–Kier alpha value is -1.06. The van der Waals surface area contributed by atoms with E-state index >= 15 is 0 Å². The average molecular weight is 270 g/mol. The largest absolute Gasteiger partial charge is 0.466 e. The van der Waals surface area contributed by atoms with Crippen LogP contribution in [0.4, 0.5) is 0 Å². The van der Waals surface area contributed by atoms with Crippen molar-refractivity contribution in [1.29, 1.82) is 0 Å². The topological polar surface area (TPSA) is 38.3 Å². The maximum atomic E-state index is 11.3. The fraction of sp³-hybridized carbons (Fsp3) is 0.500. The molecule has 0 saturated heterocycles. The minimum Gasteiger partial charge on any atom is -0.466 e. The molecule has 0 aliphatic carbocycles. The number of carbonyl (C=O) groups excluding carboxylic acids is 1. The molecule has 3 nitrogen and oxygen atoms in total. The van der Waals surface area contributed by atoms with E-state index in [9.17, 15) is 4.79 Å². The molecule has 0 aliphatic rings. The number of rotatable bonds is 6. The van der Waals surface area contributed by atoms with Gasteiger partial charge in [0, 0.05) is 17.1 Å².